The van der Waals surface area contributed by atoms with Crippen molar-refractivity contribution in [2.75, 3.05) is 0 Å². The number of hydrogen-bond donors (Lipinski definition) is 1. The van der Waals surface area contributed by atoms with Gasteiger partial charge < -0.3 is 5.11 Å². The van der Waals surface area contributed by atoms with Crippen LogP contribution >= 0.6 is 0 Å². The molecule has 0 bridgehead atoms. The van der Waals surface area contributed by atoms with Crippen LogP contribution in [0.3, 0.4) is 0 Å². The molecule has 1 N–H and O–H groups in total. The van der Waals surface area contributed by atoms with Gasteiger partial charge in [0.1, 0.15) is 0 Å². The first-order chi connectivity index (χ1) is 8.13. The predicted octanol–water partition coefficient (Wildman–Crippen LogP) is 2.17. The first-order valence-corrected chi connectivity index (χ1v) is 5.31. The minimum Gasteiger partial charge on any atom is -0.392 e. The summed E-state index contributed by atoms with van der Waals surface area (Å²) in [5.74, 6) is -2.01. The average molecular weight is 239 g/mol. The highest BCUT2D eigenvalue weighted by molar-refractivity contribution is 5.42. The lowest BCUT2D eigenvalue weighted by atomic mass is 9.71. The van der Waals surface area contributed by atoms with Crippen LogP contribution in [0.5, 0.6) is 0 Å². The van der Waals surface area contributed by atoms with Crippen molar-refractivity contribution in [2.45, 2.75) is 31.4 Å². The van der Waals surface area contributed by atoms with Gasteiger partial charge in [0.15, 0.2) is 11.6 Å². The number of benzene rings is 1. The SMILES string of the molecule is O=C=NC1(c2cc(F)c(F)cc2CO)CCC1. The van der Waals surface area contributed by atoms with Gasteiger partial charge in [-0.05, 0) is 42.5 Å². The Balaban J connectivity index is 2.57. The first-order valence-electron chi connectivity index (χ1n) is 5.31. The molecule has 0 aromatic heterocycles. The fraction of sp³-hybridized carbons (Fsp3) is 0.417. The van der Waals surface area contributed by atoms with E-state index in [9.17, 15) is 13.6 Å². The lowest BCUT2D eigenvalue weighted by Crippen LogP contribution is -2.33. The molecule has 0 saturated heterocycles. The Morgan fingerprint density at radius 2 is 2.00 bits per heavy atom. The molecule has 0 heterocycles. The maximum Gasteiger partial charge on any atom is 0.235 e. The van der Waals surface area contributed by atoms with Crippen molar-refractivity contribution in [3.63, 3.8) is 0 Å². The van der Waals surface area contributed by atoms with Gasteiger partial charge in [-0.25, -0.2) is 13.6 Å². The molecule has 0 spiro atoms. The van der Waals surface area contributed by atoms with Gasteiger partial charge in [-0.15, -0.1) is 0 Å². The quantitative estimate of drug-likeness (QED) is 0.649. The molecule has 1 aromatic rings. The zero-order valence-electron chi connectivity index (χ0n) is 9.04. The molecule has 1 aromatic carbocycles. The van der Waals surface area contributed by atoms with Gasteiger partial charge in [0.2, 0.25) is 6.08 Å². The van der Waals surface area contributed by atoms with Crippen molar-refractivity contribution in [1.82, 2.24) is 0 Å². The van der Waals surface area contributed by atoms with E-state index in [0.717, 1.165) is 18.6 Å². The van der Waals surface area contributed by atoms with Crippen molar-refractivity contribution in [3.05, 3.63) is 34.9 Å². The number of aliphatic hydroxyl groups is 1. The van der Waals surface area contributed by atoms with Crippen molar-refractivity contribution in [2.24, 2.45) is 4.99 Å². The van der Waals surface area contributed by atoms with Gasteiger partial charge in [0.05, 0.1) is 12.1 Å². The third kappa shape index (κ3) is 1.88. The largest absolute Gasteiger partial charge is 0.392 e. The molecule has 0 radical (unpaired) electrons. The van der Waals surface area contributed by atoms with E-state index < -0.39 is 23.8 Å². The van der Waals surface area contributed by atoms with Crippen LogP contribution in [-0.4, -0.2) is 11.2 Å². The smallest absolute Gasteiger partial charge is 0.235 e. The number of carbonyl (C=O) groups excluding carboxylic acids is 1. The van der Waals surface area contributed by atoms with E-state index in [4.69, 9.17) is 5.11 Å². The summed E-state index contributed by atoms with van der Waals surface area (Å²) in [6.07, 6.45) is 3.49. The molecule has 1 fully saturated rings. The van der Waals surface area contributed by atoms with Gasteiger partial charge in [-0.2, -0.15) is 4.99 Å². The van der Waals surface area contributed by atoms with Crippen LogP contribution in [0.1, 0.15) is 30.4 Å². The topological polar surface area (TPSA) is 49.7 Å². The van der Waals surface area contributed by atoms with E-state index >= 15 is 0 Å². The minimum atomic E-state index is -1.01. The summed E-state index contributed by atoms with van der Waals surface area (Å²) in [5, 5.41) is 9.16. The van der Waals surface area contributed by atoms with Gasteiger partial charge in [-0.1, -0.05) is 0 Å². The van der Waals surface area contributed by atoms with E-state index in [-0.39, 0.29) is 5.56 Å². The highest BCUT2D eigenvalue weighted by atomic mass is 19.2. The second-order valence-electron chi connectivity index (χ2n) is 4.17. The summed E-state index contributed by atoms with van der Waals surface area (Å²) in [4.78, 5) is 14.1. The Morgan fingerprint density at radius 3 is 2.47 bits per heavy atom. The van der Waals surface area contributed by atoms with E-state index in [1.165, 1.54) is 6.08 Å². The van der Waals surface area contributed by atoms with Gasteiger partial charge in [0.25, 0.3) is 0 Å². The molecule has 0 amide bonds. The molecule has 1 saturated carbocycles. The fourth-order valence-electron chi connectivity index (χ4n) is 2.19. The normalized spacial score (nSPS) is 17.1. The summed E-state index contributed by atoms with van der Waals surface area (Å²) in [6.45, 7) is -0.414. The predicted molar refractivity (Wildman–Crippen MR) is 55.9 cm³/mol. The standard InChI is InChI=1S/C12H11F2NO2/c13-10-4-8(6-16)9(5-11(10)14)12(15-7-17)2-1-3-12/h4-5,16H,1-3,6H2. The van der Waals surface area contributed by atoms with E-state index in [1.54, 1.807) is 0 Å². The first kappa shape index (κ1) is 11.9. The molecular weight excluding hydrogens is 228 g/mol. The molecule has 2 rings (SSSR count). The summed E-state index contributed by atoms with van der Waals surface area (Å²) in [5.41, 5.74) is -0.176. The van der Waals surface area contributed by atoms with Crippen LogP contribution in [0.4, 0.5) is 8.78 Å². The molecule has 0 unspecified atom stereocenters. The van der Waals surface area contributed by atoms with Crippen LogP contribution in [0.15, 0.2) is 17.1 Å². The van der Waals surface area contributed by atoms with Crippen LogP contribution in [0, 0.1) is 11.6 Å². The summed E-state index contributed by atoms with van der Waals surface area (Å²) >= 11 is 0. The molecule has 90 valence electrons. The summed E-state index contributed by atoms with van der Waals surface area (Å²) in [6, 6.07) is 1.96. The van der Waals surface area contributed by atoms with Crippen molar-refractivity contribution in [1.29, 1.82) is 0 Å². The Labute approximate surface area is 96.8 Å². The Kier molecular flexibility index (Phi) is 3.05. The van der Waals surface area contributed by atoms with Crippen LogP contribution < -0.4 is 0 Å². The highest BCUT2D eigenvalue weighted by Gasteiger charge is 2.40. The zero-order valence-corrected chi connectivity index (χ0v) is 9.04. The molecular formula is C12H11F2NO2. The number of isocyanates is 1. The lowest BCUT2D eigenvalue weighted by Gasteiger charge is -2.38. The van der Waals surface area contributed by atoms with Crippen molar-refractivity contribution >= 4 is 6.08 Å². The minimum absolute atomic E-state index is 0.266. The second-order valence-corrected chi connectivity index (χ2v) is 4.17. The van der Waals surface area contributed by atoms with Crippen molar-refractivity contribution in [3.8, 4) is 0 Å². The van der Waals surface area contributed by atoms with Gasteiger partial charge >= 0.3 is 0 Å². The second kappa shape index (κ2) is 4.35. The fourth-order valence-corrected chi connectivity index (χ4v) is 2.19. The number of hydrogen-bond acceptors (Lipinski definition) is 3. The maximum absolute atomic E-state index is 13.2. The summed E-state index contributed by atoms with van der Waals surface area (Å²) in [7, 11) is 0. The van der Waals surface area contributed by atoms with Crippen molar-refractivity contribution < 1.29 is 18.7 Å². The Morgan fingerprint density at radius 1 is 1.35 bits per heavy atom. The molecule has 1 aliphatic carbocycles. The molecule has 0 aliphatic heterocycles. The number of nitrogens with zero attached hydrogens (tertiary/aromatic N) is 1. The Bertz CT molecular complexity index is 492. The van der Waals surface area contributed by atoms with Crippen LogP contribution in [0.2, 0.25) is 0 Å². The number of aliphatic hydroxyl groups excluding tert-OH is 1. The number of aliphatic imine (C=N–C) groups is 1. The van der Waals surface area contributed by atoms with Crippen LogP contribution in [0.25, 0.3) is 0 Å². The highest BCUT2D eigenvalue weighted by Crippen LogP contribution is 2.46. The van der Waals surface area contributed by atoms with E-state index in [0.29, 0.717) is 18.4 Å². The monoisotopic (exact) mass is 239 g/mol. The molecule has 3 nitrogen and oxygen atoms in total. The molecule has 1 aliphatic rings. The third-order valence-corrected chi connectivity index (χ3v) is 3.26. The average Bonchev–Trinajstić information content (AvgIpc) is 2.27. The maximum atomic E-state index is 13.2. The molecule has 17 heavy (non-hydrogen) atoms. The van der Waals surface area contributed by atoms with E-state index in [2.05, 4.69) is 4.99 Å². The number of rotatable bonds is 3. The molecule has 5 heteroatoms. The summed E-state index contributed by atoms with van der Waals surface area (Å²) < 4.78 is 26.3. The third-order valence-electron chi connectivity index (χ3n) is 3.26. The molecule has 0 atom stereocenters. The Hall–Kier alpha value is -1.58. The van der Waals surface area contributed by atoms with Crippen LogP contribution in [-0.2, 0) is 16.9 Å². The van der Waals surface area contributed by atoms with E-state index in [1.807, 2.05) is 0 Å². The lowest BCUT2D eigenvalue weighted by molar-refractivity contribution is 0.237. The van der Waals surface area contributed by atoms with Gasteiger partial charge in [-0.3, -0.25) is 0 Å². The van der Waals surface area contributed by atoms with Gasteiger partial charge in [0, 0.05) is 0 Å². The number of halogens is 2. The zero-order chi connectivity index (χ0) is 12.5.